The van der Waals surface area contributed by atoms with Crippen molar-refractivity contribution in [2.24, 2.45) is 0 Å². The van der Waals surface area contributed by atoms with Crippen molar-refractivity contribution in [3.8, 4) is 17.2 Å². The van der Waals surface area contributed by atoms with E-state index < -0.39 is 35.1 Å². The molecule has 31 heavy (non-hydrogen) atoms. The molecule has 5 nitrogen and oxygen atoms in total. The fourth-order valence-electron chi connectivity index (χ4n) is 3.21. The fraction of sp³-hybridized carbons (Fsp3) is 0.174. The first kappa shape index (κ1) is 20.6. The van der Waals surface area contributed by atoms with Crippen LogP contribution in [-0.2, 0) is 5.79 Å². The number of halogens is 3. The zero-order valence-electron chi connectivity index (χ0n) is 16.7. The predicted molar refractivity (Wildman–Crippen MR) is 106 cm³/mol. The second-order valence-corrected chi connectivity index (χ2v) is 6.89. The van der Waals surface area contributed by atoms with Gasteiger partial charge in [-0.15, -0.1) is 0 Å². The fourth-order valence-corrected chi connectivity index (χ4v) is 3.21. The van der Waals surface area contributed by atoms with Gasteiger partial charge in [0.05, 0.1) is 11.1 Å². The normalized spacial score (nSPS) is 13.7. The average molecular weight is 429 g/mol. The van der Waals surface area contributed by atoms with E-state index >= 15 is 0 Å². The van der Waals surface area contributed by atoms with Gasteiger partial charge in [-0.05, 0) is 31.2 Å². The summed E-state index contributed by atoms with van der Waals surface area (Å²) in [5.74, 6) is -4.84. The van der Waals surface area contributed by atoms with E-state index in [1.165, 1.54) is 48.3 Å². The Morgan fingerprint density at radius 3 is 1.94 bits per heavy atom. The summed E-state index contributed by atoms with van der Waals surface area (Å²) in [4.78, 5) is 13.3. The van der Waals surface area contributed by atoms with Gasteiger partial charge in [0.2, 0.25) is 0 Å². The molecule has 160 valence electrons. The molecule has 0 N–H and O–H groups in total. The molecule has 3 aromatic rings. The van der Waals surface area contributed by atoms with Crippen LogP contribution < -0.4 is 14.2 Å². The minimum absolute atomic E-state index is 0.0325. The lowest BCUT2D eigenvalue weighted by Gasteiger charge is -2.29. The van der Waals surface area contributed by atoms with Gasteiger partial charge in [-0.25, -0.2) is 18.0 Å². The summed E-state index contributed by atoms with van der Waals surface area (Å²) >= 11 is 0. The van der Waals surface area contributed by atoms with E-state index in [9.17, 15) is 18.0 Å². The number of hydrogen-bond acceptors (Lipinski definition) is 4. The number of fused-ring (bicyclic) bond motifs is 1. The maximum absolute atomic E-state index is 14.8. The van der Waals surface area contributed by atoms with E-state index in [0.717, 1.165) is 12.1 Å². The highest BCUT2D eigenvalue weighted by molar-refractivity contribution is 5.71. The zero-order chi connectivity index (χ0) is 22.2. The summed E-state index contributed by atoms with van der Waals surface area (Å²) in [6, 6.07) is 13.3. The van der Waals surface area contributed by atoms with Crippen LogP contribution in [0.25, 0.3) is 0 Å². The van der Waals surface area contributed by atoms with Crippen molar-refractivity contribution < 1.29 is 32.2 Å². The maximum Gasteiger partial charge on any atom is 0.415 e. The number of carbonyl (C=O) groups excluding carboxylic acids is 1. The van der Waals surface area contributed by atoms with Crippen LogP contribution in [-0.4, -0.2) is 24.6 Å². The number of amides is 1. The van der Waals surface area contributed by atoms with Crippen LogP contribution >= 0.6 is 0 Å². The largest absolute Gasteiger partial charge is 0.440 e. The van der Waals surface area contributed by atoms with E-state index in [4.69, 9.17) is 14.2 Å². The lowest BCUT2D eigenvalue weighted by molar-refractivity contribution is -0.0515. The third kappa shape index (κ3) is 3.54. The van der Waals surface area contributed by atoms with Gasteiger partial charge in [-0.3, -0.25) is 0 Å². The highest BCUT2D eigenvalue weighted by Crippen LogP contribution is 2.50. The molecular formula is C23H18F3NO4. The summed E-state index contributed by atoms with van der Waals surface area (Å²) in [6.07, 6.45) is -0.769. The van der Waals surface area contributed by atoms with Crippen LogP contribution in [0.4, 0.5) is 18.0 Å². The molecule has 0 fully saturated rings. The van der Waals surface area contributed by atoms with Crippen molar-refractivity contribution in [3.05, 3.63) is 89.2 Å². The van der Waals surface area contributed by atoms with Crippen molar-refractivity contribution in [2.75, 3.05) is 13.6 Å². The Bertz CT molecular complexity index is 1110. The van der Waals surface area contributed by atoms with Gasteiger partial charge in [-0.2, -0.15) is 0 Å². The van der Waals surface area contributed by atoms with Gasteiger partial charge in [0.15, 0.2) is 23.1 Å². The molecule has 0 atom stereocenters. The summed E-state index contributed by atoms with van der Waals surface area (Å²) in [5.41, 5.74) is -0.193. The van der Waals surface area contributed by atoms with Crippen LogP contribution in [0.5, 0.6) is 17.2 Å². The molecule has 1 aliphatic heterocycles. The van der Waals surface area contributed by atoms with E-state index in [0.29, 0.717) is 6.54 Å². The topological polar surface area (TPSA) is 48.0 Å². The number of rotatable bonds is 4. The quantitative estimate of drug-likeness (QED) is 0.570. The molecule has 0 aromatic heterocycles. The summed E-state index contributed by atoms with van der Waals surface area (Å²) < 4.78 is 61.0. The van der Waals surface area contributed by atoms with E-state index in [2.05, 4.69) is 0 Å². The Balaban J connectivity index is 1.81. The number of nitrogens with zero attached hydrogens (tertiary/aromatic N) is 1. The van der Waals surface area contributed by atoms with Crippen LogP contribution in [0.2, 0.25) is 0 Å². The summed E-state index contributed by atoms with van der Waals surface area (Å²) in [6.45, 7) is 2.09. The van der Waals surface area contributed by atoms with Crippen LogP contribution in [0.1, 0.15) is 18.1 Å². The van der Waals surface area contributed by atoms with Crippen LogP contribution in [0, 0.1) is 17.5 Å². The molecule has 8 heteroatoms. The Labute approximate surface area is 176 Å². The Kier molecular flexibility index (Phi) is 5.22. The zero-order valence-corrected chi connectivity index (χ0v) is 16.7. The predicted octanol–water partition coefficient (Wildman–Crippen LogP) is 5.23. The first-order chi connectivity index (χ1) is 14.9. The molecule has 0 spiro atoms. The van der Waals surface area contributed by atoms with Crippen LogP contribution in [0.3, 0.4) is 0 Å². The van der Waals surface area contributed by atoms with E-state index in [-0.39, 0.29) is 22.6 Å². The minimum Gasteiger partial charge on any atom is -0.440 e. The first-order valence-electron chi connectivity index (χ1n) is 9.50. The third-order valence-electron chi connectivity index (χ3n) is 4.95. The number of ether oxygens (including phenoxy) is 3. The summed E-state index contributed by atoms with van der Waals surface area (Å²) in [5, 5.41) is 0. The van der Waals surface area contributed by atoms with Crippen LogP contribution in [0.15, 0.2) is 60.7 Å². The van der Waals surface area contributed by atoms with Crippen molar-refractivity contribution in [1.29, 1.82) is 0 Å². The number of hydrogen-bond donors (Lipinski definition) is 0. The molecule has 0 radical (unpaired) electrons. The lowest BCUT2D eigenvalue weighted by atomic mass is 9.96. The van der Waals surface area contributed by atoms with E-state index in [1.54, 1.807) is 19.1 Å². The third-order valence-corrected chi connectivity index (χ3v) is 4.95. The Morgan fingerprint density at radius 1 is 0.903 bits per heavy atom. The van der Waals surface area contributed by atoms with Crippen molar-refractivity contribution in [3.63, 3.8) is 0 Å². The molecule has 0 bridgehead atoms. The molecule has 0 saturated heterocycles. The molecule has 4 rings (SSSR count). The molecule has 0 aliphatic carbocycles. The van der Waals surface area contributed by atoms with Crippen molar-refractivity contribution in [1.82, 2.24) is 4.90 Å². The second kappa shape index (κ2) is 7.86. The molecule has 3 aromatic carbocycles. The molecule has 0 saturated carbocycles. The molecular weight excluding hydrogens is 411 g/mol. The molecule has 1 heterocycles. The van der Waals surface area contributed by atoms with Gasteiger partial charge < -0.3 is 19.1 Å². The van der Waals surface area contributed by atoms with Gasteiger partial charge in [0.25, 0.3) is 0 Å². The summed E-state index contributed by atoms with van der Waals surface area (Å²) in [7, 11) is 1.49. The smallest absolute Gasteiger partial charge is 0.415 e. The minimum atomic E-state index is -2.03. The van der Waals surface area contributed by atoms with E-state index in [1.807, 2.05) is 0 Å². The number of carbonyl (C=O) groups is 1. The Morgan fingerprint density at radius 2 is 1.42 bits per heavy atom. The molecule has 1 aliphatic rings. The van der Waals surface area contributed by atoms with Crippen molar-refractivity contribution in [2.45, 2.75) is 12.7 Å². The van der Waals surface area contributed by atoms with Gasteiger partial charge in [-0.1, -0.05) is 24.3 Å². The second-order valence-electron chi connectivity index (χ2n) is 6.89. The van der Waals surface area contributed by atoms with Gasteiger partial charge in [0, 0.05) is 25.7 Å². The van der Waals surface area contributed by atoms with Crippen molar-refractivity contribution >= 4 is 6.09 Å². The number of benzene rings is 3. The lowest BCUT2D eigenvalue weighted by Crippen LogP contribution is -2.38. The van der Waals surface area contributed by atoms with Gasteiger partial charge in [0.1, 0.15) is 11.6 Å². The highest BCUT2D eigenvalue weighted by atomic mass is 19.1. The average Bonchev–Trinajstić information content (AvgIpc) is 3.12. The first-order valence-corrected chi connectivity index (χ1v) is 9.50. The monoisotopic (exact) mass is 429 g/mol. The maximum atomic E-state index is 14.8. The standard InChI is InChI=1S/C23H18F3NO4/c1-3-27(2)22(28)29-19-13-21-20(12-18(19)26)30-23(31-21,14-8-4-6-10-16(14)24)15-9-5-7-11-17(15)25/h4-13H,3H2,1-2H3. The highest BCUT2D eigenvalue weighted by Gasteiger charge is 2.49. The Hall–Kier alpha value is -3.68. The SMILES string of the molecule is CCN(C)C(=O)Oc1cc2c(cc1F)OC(c1ccccc1F)(c1ccccc1F)O2. The molecule has 0 unspecified atom stereocenters. The molecule has 1 amide bonds. The van der Waals surface area contributed by atoms with Gasteiger partial charge >= 0.3 is 11.9 Å².